The van der Waals surface area contributed by atoms with Gasteiger partial charge in [-0.25, -0.2) is 28.3 Å². The molecule has 2 N–H and O–H groups in total. The second-order valence-electron chi connectivity index (χ2n) is 7.74. The van der Waals surface area contributed by atoms with Crippen molar-refractivity contribution in [1.82, 2.24) is 9.97 Å². The lowest BCUT2D eigenvalue weighted by Gasteiger charge is -2.34. The number of hydrogen-bond acceptors (Lipinski definition) is 8. The predicted octanol–water partition coefficient (Wildman–Crippen LogP) is 4.08. The minimum absolute atomic E-state index is 0.0363. The molecule has 3 heterocycles. The Bertz CT molecular complexity index is 1570. The molecule has 0 atom stereocenters. The summed E-state index contributed by atoms with van der Waals surface area (Å²) in [5.74, 6) is 0. The van der Waals surface area contributed by atoms with Crippen LogP contribution in [-0.2, 0) is 10.0 Å². The van der Waals surface area contributed by atoms with E-state index in [1.165, 1.54) is 16.2 Å². The van der Waals surface area contributed by atoms with Crippen LogP contribution in [0.2, 0.25) is 0 Å². The van der Waals surface area contributed by atoms with Crippen molar-refractivity contribution < 1.29 is 13.2 Å². The highest BCUT2D eigenvalue weighted by Crippen LogP contribution is 2.35. The molecule has 1 aliphatic heterocycles. The molecule has 0 aliphatic carbocycles. The number of nitriles is 1. The number of sulfonamides is 1. The first-order valence-electron chi connectivity index (χ1n) is 10.2. The first-order valence-corrected chi connectivity index (χ1v) is 13.5. The van der Waals surface area contributed by atoms with E-state index in [4.69, 9.17) is 5.14 Å². The maximum atomic E-state index is 13.3. The fraction of sp³-hybridized carbons (Fsp3) is 0.182. The van der Waals surface area contributed by atoms with Gasteiger partial charge in [-0.3, -0.25) is 9.80 Å². The number of thiazole rings is 2. The van der Waals surface area contributed by atoms with Crippen molar-refractivity contribution in [1.29, 1.82) is 5.26 Å². The Morgan fingerprint density at radius 2 is 1.88 bits per heavy atom. The fourth-order valence-corrected chi connectivity index (χ4v) is 6.73. The summed E-state index contributed by atoms with van der Waals surface area (Å²) in [6, 6.07) is 13.1. The summed E-state index contributed by atoms with van der Waals surface area (Å²) in [7, 11) is -3.90. The van der Waals surface area contributed by atoms with E-state index in [2.05, 4.69) is 16.0 Å². The largest absolute Gasteiger partial charge is 0.330 e. The second-order valence-corrected chi connectivity index (χ2v) is 11.3. The summed E-state index contributed by atoms with van der Waals surface area (Å²) >= 11 is 2.42. The van der Waals surface area contributed by atoms with Gasteiger partial charge in [0.05, 0.1) is 33.1 Å². The van der Waals surface area contributed by atoms with Crippen molar-refractivity contribution in [3.8, 4) is 17.2 Å². The van der Waals surface area contributed by atoms with Crippen LogP contribution in [0.15, 0.2) is 46.1 Å². The third-order valence-corrected chi connectivity index (χ3v) is 9.12. The molecule has 2 aromatic heterocycles. The van der Waals surface area contributed by atoms with Crippen LogP contribution in [0.1, 0.15) is 17.7 Å². The number of aryl methyl sites for hydroxylation is 1. The number of hydrogen-bond donors (Lipinski definition) is 1. The fourth-order valence-electron chi connectivity index (χ4n) is 3.96. The van der Waals surface area contributed by atoms with Crippen LogP contribution in [0.3, 0.4) is 0 Å². The Hall–Kier alpha value is -3.37. The summed E-state index contributed by atoms with van der Waals surface area (Å²) in [6.45, 7) is 2.53. The van der Waals surface area contributed by atoms with Gasteiger partial charge in [0.25, 0.3) is 0 Å². The molecule has 1 fully saturated rings. The normalized spacial score (nSPS) is 14.6. The highest BCUT2D eigenvalue weighted by Gasteiger charge is 2.31. The van der Waals surface area contributed by atoms with Crippen LogP contribution >= 0.6 is 22.7 Å². The molecule has 1 saturated heterocycles. The number of carbonyl (C=O) groups is 1. The number of carbonyl (C=O) groups excluding carboxylic acids is 1. The second kappa shape index (κ2) is 8.44. The maximum Gasteiger partial charge on any atom is 0.330 e. The summed E-state index contributed by atoms with van der Waals surface area (Å²) < 4.78 is 24.5. The Morgan fingerprint density at radius 1 is 1.15 bits per heavy atom. The Labute approximate surface area is 203 Å². The molecule has 12 heteroatoms. The number of anilines is 2. The van der Waals surface area contributed by atoms with Crippen molar-refractivity contribution >= 4 is 59.8 Å². The SMILES string of the molecule is Cc1nc(N2CCCN(c3ccc(-c4cc(C#N)cc5ncsc45)cc3)C2=O)sc1S(N)(=O)=O. The van der Waals surface area contributed by atoms with Crippen molar-refractivity contribution in [2.24, 2.45) is 5.14 Å². The van der Waals surface area contributed by atoms with Gasteiger partial charge in [0.2, 0.25) is 10.0 Å². The van der Waals surface area contributed by atoms with E-state index in [-0.39, 0.29) is 15.9 Å². The molecular weight excluding hydrogens is 492 g/mol. The minimum atomic E-state index is -3.90. The quantitative estimate of drug-likeness (QED) is 0.440. The zero-order valence-corrected chi connectivity index (χ0v) is 20.4. The lowest BCUT2D eigenvalue weighted by atomic mass is 10.0. The first kappa shape index (κ1) is 22.4. The van der Waals surface area contributed by atoms with Crippen molar-refractivity contribution in [3.63, 3.8) is 0 Å². The molecule has 2 aromatic carbocycles. The zero-order valence-electron chi connectivity index (χ0n) is 17.9. The molecule has 0 unspecified atom stereocenters. The van der Waals surface area contributed by atoms with Gasteiger partial charge in [-0.1, -0.05) is 23.5 Å². The molecule has 1 aliphatic rings. The molecule has 4 aromatic rings. The average molecular weight is 511 g/mol. The van der Waals surface area contributed by atoms with Crippen LogP contribution in [0.4, 0.5) is 15.6 Å². The number of aromatic nitrogens is 2. The molecule has 9 nitrogen and oxygen atoms in total. The van der Waals surface area contributed by atoms with E-state index in [0.717, 1.165) is 38.4 Å². The third-order valence-electron chi connectivity index (χ3n) is 5.51. The van der Waals surface area contributed by atoms with Crippen molar-refractivity contribution in [2.75, 3.05) is 22.9 Å². The molecule has 0 saturated carbocycles. The Kier molecular flexibility index (Phi) is 5.57. The summed E-state index contributed by atoms with van der Waals surface area (Å²) in [6.07, 6.45) is 0.697. The van der Waals surface area contributed by atoms with E-state index < -0.39 is 10.0 Å². The molecule has 2 amide bonds. The van der Waals surface area contributed by atoms with E-state index in [1.807, 2.05) is 30.3 Å². The minimum Gasteiger partial charge on any atom is -0.294 e. The average Bonchev–Trinajstić information content (AvgIpc) is 3.45. The van der Waals surface area contributed by atoms with Crippen molar-refractivity contribution in [2.45, 2.75) is 17.6 Å². The van der Waals surface area contributed by atoms with Gasteiger partial charge in [0.15, 0.2) is 9.34 Å². The van der Waals surface area contributed by atoms with E-state index >= 15 is 0 Å². The lowest BCUT2D eigenvalue weighted by Crippen LogP contribution is -2.49. The topological polar surface area (TPSA) is 133 Å². The summed E-state index contributed by atoms with van der Waals surface area (Å²) in [5, 5.41) is 14.9. The maximum absolute atomic E-state index is 13.3. The van der Waals surface area contributed by atoms with Crippen molar-refractivity contribution in [3.05, 3.63) is 53.2 Å². The van der Waals surface area contributed by atoms with Gasteiger partial charge in [-0.15, -0.1) is 11.3 Å². The number of fused-ring (bicyclic) bond motifs is 1. The van der Waals surface area contributed by atoms with E-state index in [0.29, 0.717) is 30.2 Å². The first-order chi connectivity index (χ1) is 16.3. The molecule has 34 heavy (non-hydrogen) atoms. The molecule has 172 valence electrons. The Morgan fingerprint density at radius 3 is 2.56 bits per heavy atom. The summed E-state index contributed by atoms with van der Waals surface area (Å²) in [4.78, 5) is 25.0. The molecule has 0 radical (unpaired) electrons. The van der Waals surface area contributed by atoms with Gasteiger partial charge in [0, 0.05) is 24.3 Å². The van der Waals surface area contributed by atoms with Crippen LogP contribution < -0.4 is 14.9 Å². The van der Waals surface area contributed by atoms with Gasteiger partial charge in [-0.05, 0) is 43.2 Å². The van der Waals surface area contributed by atoms with Crippen LogP contribution in [0.25, 0.3) is 21.3 Å². The number of nitrogens with zero attached hydrogens (tertiary/aromatic N) is 5. The van der Waals surface area contributed by atoms with Gasteiger partial charge >= 0.3 is 6.03 Å². The highest BCUT2D eigenvalue weighted by molar-refractivity contribution is 7.91. The number of amides is 2. The predicted molar refractivity (Wildman–Crippen MR) is 133 cm³/mol. The van der Waals surface area contributed by atoms with Gasteiger partial charge < -0.3 is 0 Å². The number of nitrogens with two attached hydrogens (primary N) is 1. The van der Waals surface area contributed by atoms with Crippen LogP contribution in [0, 0.1) is 18.3 Å². The van der Waals surface area contributed by atoms with E-state index in [9.17, 15) is 18.5 Å². The number of rotatable bonds is 4. The Balaban J connectivity index is 1.45. The van der Waals surface area contributed by atoms with Crippen LogP contribution in [-0.4, -0.2) is 37.5 Å². The molecule has 0 bridgehead atoms. The standard InChI is InChI=1S/C22H18N6O3S3/c1-13-20(34(24,30)31)33-21(26-13)28-8-2-7-27(22(28)29)16-5-3-15(4-6-16)17-9-14(11-23)10-18-19(17)32-12-25-18/h3-6,9-10,12H,2,7-8H2,1H3,(H2,24,30,31). The zero-order chi connectivity index (χ0) is 24.0. The molecular formula is C22H18N6O3S3. The third kappa shape index (κ3) is 3.92. The number of benzene rings is 2. The monoisotopic (exact) mass is 510 g/mol. The lowest BCUT2D eigenvalue weighted by molar-refractivity contribution is 0.248. The molecule has 0 spiro atoms. The number of primary sulfonamides is 1. The van der Waals surface area contributed by atoms with Gasteiger partial charge in [0.1, 0.15) is 0 Å². The van der Waals surface area contributed by atoms with E-state index in [1.54, 1.807) is 23.4 Å². The smallest absolute Gasteiger partial charge is 0.294 e. The van der Waals surface area contributed by atoms with Crippen LogP contribution in [0.5, 0.6) is 0 Å². The molecule has 5 rings (SSSR count). The summed E-state index contributed by atoms with van der Waals surface area (Å²) in [5.41, 5.74) is 5.92. The van der Waals surface area contributed by atoms with Gasteiger partial charge in [-0.2, -0.15) is 5.26 Å². The highest BCUT2D eigenvalue weighted by atomic mass is 32.2. The number of urea groups is 1.